The van der Waals surface area contributed by atoms with Gasteiger partial charge in [-0.1, -0.05) is 12.1 Å². The standard InChI is InChI=1S/C23H29N3O7S.C14H12ClNO5S/c1-16-12-17(2)14-19(13-16)32-20-15-18(26(28)29)6-7-21(20)34(30,31)25-10-8-24(9-11-25)22(27)33-23(3,4)5;1-9-5-10(2)7-12(6-9)21-13-8-11(16(17)18)3-4-14(13)22(15,19)20/h6-7,12-15H,8-11H2,1-5H3;3-8H,1-2H3. The maximum atomic E-state index is 13.5. The van der Waals surface area contributed by atoms with Gasteiger partial charge in [-0.3, -0.25) is 20.2 Å². The first-order valence-corrected chi connectivity index (χ1v) is 20.7. The monoisotopic (exact) mass is 832 g/mol. The van der Waals surface area contributed by atoms with Gasteiger partial charge in [-0.25, -0.2) is 21.6 Å². The van der Waals surface area contributed by atoms with Crippen molar-refractivity contribution in [3.63, 3.8) is 0 Å². The molecule has 0 bridgehead atoms. The summed E-state index contributed by atoms with van der Waals surface area (Å²) in [5.41, 5.74) is 2.41. The fourth-order valence-electron chi connectivity index (χ4n) is 5.61. The topological polar surface area (TPSA) is 206 Å². The van der Waals surface area contributed by atoms with Gasteiger partial charge < -0.3 is 19.1 Å². The molecule has 1 fully saturated rings. The zero-order chi connectivity index (χ0) is 41.7. The van der Waals surface area contributed by atoms with Crippen LogP contribution in [0.4, 0.5) is 16.2 Å². The average Bonchev–Trinajstić information content (AvgIpc) is 3.06. The van der Waals surface area contributed by atoms with Crippen molar-refractivity contribution in [2.45, 2.75) is 63.9 Å². The minimum atomic E-state index is -4.09. The molecule has 1 aliphatic rings. The predicted octanol–water partition coefficient (Wildman–Crippen LogP) is 8.18. The minimum Gasteiger partial charge on any atom is -0.456 e. The smallest absolute Gasteiger partial charge is 0.410 e. The molecular weight excluding hydrogens is 792 g/mol. The number of rotatable bonds is 9. The fourth-order valence-corrected chi connectivity index (χ4v) is 8.08. The number of piperazine rings is 1. The van der Waals surface area contributed by atoms with Crippen LogP contribution in [0.25, 0.3) is 0 Å². The number of sulfonamides is 1. The molecule has 4 aromatic carbocycles. The molecule has 0 saturated carbocycles. The van der Waals surface area contributed by atoms with Crippen molar-refractivity contribution in [1.29, 1.82) is 0 Å². The molecule has 56 heavy (non-hydrogen) atoms. The summed E-state index contributed by atoms with van der Waals surface area (Å²) in [6.45, 7) is 13.2. The van der Waals surface area contributed by atoms with E-state index in [-0.39, 0.29) is 58.8 Å². The van der Waals surface area contributed by atoms with Gasteiger partial charge in [0.05, 0.1) is 22.0 Å². The summed E-state index contributed by atoms with van der Waals surface area (Å²) >= 11 is 0. The Hall–Kier alpha value is -5.30. The van der Waals surface area contributed by atoms with E-state index in [2.05, 4.69) is 0 Å². The maximum absolute atomic E-state index is 13.5. The normalized spacial score (nSPS) is 13.6. The third kappa shape index (κ3) is 11.6. The number of amides is 1. The van der Waals surface area contributed by atoms with Crippen molar-refractivity contribution < 1.29 is 45.7 Å². The number of nitro benzene ring substituents is 2. The fraction of sp³-hybridized carbons (Fsp3) is 0.324. The SMILES string of the molecule is Cc1cc(C)cc(Oc2cc([N+](=O)[O-])ccc2S(=O)(=O)Cl)c1.Cc1cc(C)cc(Oc2cc([N+](=O)[O-])ccc2S(=O)(=O)N2CCN(C(=O)OC(C)(C)C)CC2)c1. The van der Waals surface area contributed by atoms with Gasteiger partial charge in [-0.2, -0.15) is 4.31 Å². The van der Waals surface area contributed by atoms with Crippen LogP contribution in [0.3, 0.4) is 0 Å². The van der Waals surface area contributed by atoms with E-state index in [0.717, 1.165) is 52.6 Å². The van der Waals surface area contributed by atoms with E-state index in [1.54, 1.807) is 45.0 Å². The number of nitrogens with zero attached hydrogens (tertiary/aromatic N) is 4. The van der Waals surface area contributed by atoms with Gasteiger partial charge >= 0.3 is 6.09 Å². The van der Waals surface area contributed by atoms with Gasteiger partial charge in [0.1, 0.15) is 26.9 Å². The van der Waals surface area contributed by atoms with E-state index in [1.165, 1.54) is 15.3 Å². The van der Waals surface area contributed by atoms with Crippen molar-refractivity contribution in [3.05, 3.63) is 115 Å². The van der Waals surface area contributed by atoms with Crippen LogP contribution in [0.5, 0.6) is 23.0 Å². The van der Waals surface area contributed by atoms with Gasteiger partial charge in [-0.05, 0) is 107 Å². The van der Waals surface area contributed by atoms with Crippen LogP contribution >= 0.6 is 10.7 Å². The molecule has 1 saturated heterocycles. The van der Waals surface area contributed by atoms with Crippen LogP contribution in [0.1, 0.15) is 43.0 Å². The van der Waals surface area contributed by atoms with E-state index < -0.39 is 40.6 Å². The molecule has 5 rings (SSSR count). The highest BCUT2D eigenvalue weighted by atomic mass is 35.7. The number of carbonyl (C=O) groups is 1. The molecule has 300 valence electrons. The van der Waals surface area contributed by atoms with Crippen LogP contribution in [0.15, 0.2) is 82.6 Å². The summed E-state index contributed by atoms with van der Waals surface area (Å²) in [6, 6.07) is 17.3. The molecule has 16 nitrogen and oxygen atoms in total. The molecule has 0 aliphatic carbocycles. The Kier molecular flexibility index (Phi) is 13.4. The lowest BCUT2D eigenvalue weighted by atomic mass is 10.1. The second kappa shape index (κ2) is 17.2. The van der Waals surface area contributed by atoms with Gasteiger partial charge in [-0.15, -0.1) is 0 Å². The van der Waals surface area contributed by atoms with Crippen molar-refractivity contribution >= 4 is 47.2 Å². The third-order valence-electron chi connectivity index (χ3n) is 7.89. The second-order valence-electron chi connectivity index (χ2n) is 13.9. The molecule has 1 aliphatic heterocycles. The molecule has 1 heterocycles. The van der Waals surface area contributed by atoms with E-state index in [9.17, 15) is 41.9 Å². The first-order valence-electron chi connectivity index (χ1n) is 16.9. The molecule has 0 spiro atoms. The second-order valence-corrected chi connectivity index (χ2v) is 18.4. The lowest BCUT2D eigenvalue weighted by Crippen LogP contribution is -2.51. The van der Waals surface area contributed by atoms with Crippen molar-refractivity contribution in [3.8, 4) is 23.0 Å². The summed E-state index contributed by atoms with van der Waals surface area (Å²) < 4.78 is 68.0. The van der Waals surface area contributed by atoms with Crippen LogP contribution in [-0.2, 0) is 23.8 Å². The van der Waals surface area contributed by atoms with E-state index in [0.29, 0.717) is 11.5 Å². The van der Waals surface area contributed by atoms with Crippen molar-refractivity contribution in [2.75, 3.05) is 26.2 Å². The number of nitro groups is 2. The molecule has 4 aromatic rings. The van der Waals surface area contributed by atoms with Crippen LogP contribution < -0.4 is 9.47 Å². The largest absolute Gasteiger partial charge is 0.456 e. The highest BCUT2D eigenvalue weighted by Crippen LogP contribution is 2.36. The number of hydrogen-bond acceptors (Lipinski definition) is 12. The van der Waals surface area contributed by atoms with E-state index in [1.807, 2.05) is 39.8 Å². The van der Waals surface area contributed by atoms with Crippen LogP contribution in [0.2, 0.25) is 0 Å². The summed E-state index contributed by atoms with van der Waals surface area (Å²) in [7, 11) is -2.80. The molecule has 19 heteroatoms. The predicted molar refractivity (Wildman–Crippen MR) is 208 cm³/mol. The third-order valence-corrected chi connectivity index (χ3v) is 11.2. The lowest BCUT2D eigenvalue weighted by molar-refractivity contribution is -0.385. The maximum Gasteiger partial charge on any atom is 0.410 e. The first kappa shape index (κ1) is 43.4. The summed E-state index contributed by atoms with van der Waals surface area (Å²) in [4.78, 5) is 34.2. The van der Waals surface area contributed by atoms with Crippen LogP contribution in [-0.4, -0.2) is 73.8 Å². The highest BCUT2D eigenvalue weighted by molar-refractivity contribution is 8.13. The van der Waals surface area contributed by atoms with E-state index in [4.69, 9.17) is 24.9 Å². The average molecular weight is 833 g/mol. The number of ether oxygens (including phenoxy) is 3. The molecule has 0 atom stereocenters. The Morgan fingerprint density at radius 2 is 1.05 bits per heavy atom. The van der Waals surface area contributed by atoms with Crippen molar-refractivity contribution in [1.82, 2.24) is 9.21 Å². The molecular formula is C37H41ClN4O12S2. The van der Waals surface area contributed by atoms with Crippen molar-refractivity contribution in [2.24, 2.45) is 0 Å². The van der Waals surface area contributed by atoms with Gasteiger partial charge in [0.25, 0.3) is 20.4 Å². The molecule has 0 aromatic heterocycles. The Bertz CT molecular complexity index is 2330. The van der Waals surface area contributed by atoms with E-state index >= 15 is 0 Å². The quantitative estimate of drug-likeness (QED) is 0.0889. The van der Waals surface area contributed by atoms with Gasteiger partial charge in [0.2, 0.25) is 10.0 Å². The molecule has 1 amide bonds. The molecule has 0 unspecified atom stereocenters. The van der Waals surface area contributed by atoms with Gasteiger partial charge in [0, 0.05) is 49.0 Å². The summed E-state index contributed by atoms with van der Waals surface area (Å²) in [6.07, 6.45) is -0.501. The Balaban J connectivity index is 0.000000273. The number of benzene rings is 4. The zero-order valence-electron chi connectivity index (χ0n) is 31.6. The lowest BCUT2D eigenvalue weighted by Gasteiger charge is -2.35. The highest BCUT2D eigenvalue weighted by Gasteiger charge is 2.34. The Labute approximate surface area is 329 Å². The number of hydrogen-bond donors (Lipinski definition) is 0. The Morgan fingerprint density at radius 1 is 0.661 bits per heavy atom. The number of aryl methyl sites for hydroxylation is 4. The minimum absolute atomic E-state index is 0.0571. The summed E-state index contributed by atoms with van der Waals surface area (Å²) in [5, 5.41) is 22.2. The molecule has 0 radical (unpaired) electrons. The Morgan fingerprint density at radius 3 is 1.43 bits per heavy atom. The molecule has 0 N–H and O–H groups in total. The number of carbonyl (C=O) groups excluding carboxylic acids is 1. The summed E-state index contributed by atoms with van der Waals surface area (Å²) in [5.74, 6) is 0.437. The zero-order valence-corrected chi connectivity index (χ0v) is 34.0. The first-order chi connectivity index (χ1) is 25.9. The number of non-ortho nitro benzene ring substituents is 2. The van der Waals surface area contributed by atoms with Crippen LogP contribution in [0, 0.1) is 47.9 Å². The van der Waals surface area contributed by atoms with Gasteiger partial charge in [0.15, 0.2) is 11.5 Å². The number of halogens is 1.